The van der Waals surface area contributed by atoms with Gasteiger partial charge in [-0.15, -0.1) is 0 Å². The molecule has 4 nitrogen and oxygen atoms in total. The van der Waals surface area contributed by atoms with Gasteiger partial charge in [0.25, 0.3) is 0 Å². The summed E-state index contributed by atoms with van der Waals surface area (Å²) in [7, 11) is 0. The normalized spacial score (nSPS) is 12.2. The maximum atomic E-state index is 11.6. The number of hydrogen-bond acceptors (Lipinski definition) is 3. The van der Waals surface area contributed by atoms with E-state index in [0.717, 1.165) is 19.1 Å². The molecule has 0 rings (SSSR count). The first-order chi connectivity index (χ1) is 9.22. The Hall–Kier alpha value is -0.900. The Bertz CT molecular complexity index is 298. The number of aldehydes is 1. The fourth-order valence-electron chi connectivity index (χ4n) is 1.57. The quantitative estimate of drug-likeness (QED) is 0.469. The van der Waals surface area contributed by atoms with Gasteiger partial charge in [0.15, 0.2) is 0 Å². The molecule has 0 aromatic carbocycles. The summed E-state index contributed by atoms with van der Waals surface area (Å²) in [5, 5.41) is 2.93. The molecule has 0 aromatic rings. The van der Waals surface area contributed by atoms with Crippen LogP contribution in [0.5, 0.6) is 0 Å². The first-order valence-corrected chi connectivity index (χ1v) is 7.57. The van der Waals surface area contributed by atoms with Crippen LogP contribution in [0.2, 0.25) is 0 Å². The highest BCUT2D eigenvalue weighted by atomic mass is 16.5. The third-order valence-electron chi connectivity index (χ3n) is 3.61. The second-order valence-electron chi connectivity index (χ2n) is 6.71. The molecule has 0 spiro atoms. The Labute approximate surface area is 123 Å². The maximum Gasteiger partial charge on any atom is 0.220 e. The van der Waals surface area contributed by atoms with Gasteiger partial charge in [0, 0.05) is 26.0 Å². The van der Waals surface area contributed by atoms with Gasteiger partial charge in [0.1, 0.15) is 6.29 Å². The van der Waals surface area contributed by atoms with Crippen molar-refractivity contribution in [3.05, 3.63) is 0 Å². The molecule has 0 radical (unpaired) electrons. The standard InChI is InChI=1S/C16H31NO3/c1-6-16(4,5)20-12-10-15(2,3)13-17-14(19)9-7-8-11-18/h11H,6-10,12-13H2,1-5H3,(H,17,19). The summed E-state index contributed by atoms with van der Waals surface area (Å²) in [6, 6.07) is 0. The van der Waals surface area contributed by atoms with Crippen LogP contribution in [0.1, 0.15) is 66.7 Å². The van der Waals surface area contributed by atoms with Crippen molar-refractivity contribution < 1.29 is 14.3 Å². The van der Waals surface area contributed by atoms with E-state index in [2.05, 4.69) is 39.9 Å². The average Bonchev–Trinajstić information content (AvgIpc) is 2.36. The van der Waals surface area contributed by atoms with E-state index in [1.54, 1.807) is 0 Å². The van der Waals surface area contributed by atoms with E-state index in [1.807, 2.05) is 0 Å². The summed E-state index contributed by atoms with van der Waals surface area (Å²) in [5.74, 6) is 0.0229. The summed E-state index contributed by atoms with van der Waals surface area (Å²) < 4.78 is 5.85. The first kappa shape index (κ1) is 19.1. The van der Waals surface area contributed by atoms with Crippen molar-refractivity contribution in [1.82, 2.24) is 5.32 Å². The van der Waals surface area contributed by atoms with Crippen molar-refractivity contribution >= 4 is 12.2 Å². The zero-order valence-electron chi connectivity index (χ0n) is 13.8. The smallest absolute Gasteiger partial charge is 0.220 e. The fraction of sp³-hybridized carbons (Fsp3) is 0.875. The van der Waals surface area contributed by atoms with Gasteiger partial charge < -0.3 is 14.8 Å². The van der Waals surface area contributed by atoms with E-state index in [0.29, 0.717) is 32.4 Å². The molecule has 0 heterocycles. The molecular formula is C16H31NO3. The van der Waals surface area contributed by atoms with E-state index in [-0.39, 0.29) is 16.9 Å². The number of ether oxygens (including phenoxy) is 1. The SMILES string of the molecule is CCC(C)(C)OCCC(C)(C)CNC(=O)CCCC=O. The van der Waals surface area contributed by atoms with Gasteiger partial charge >= 0.3 is 0 Å². The molecule has 0 saturated carbocycles. The number of unbranched alkanes of at least 4 members (excludes halogenated alkanes) is 1. The van der Waals surface area contributed by atoms with Crippen LogP contribution in [-0.2, 0) is 14.3 Å². The van der Waals surface area contributed by atoms with Gasteiger partial charge in [-0.25, -0.2) is 0 Å². The molecule has 0 saturated heterocycles. The summed E-state index contributed by atoms with van der Waals surface area (Å²) in [4.78, 5) is 21.8. The highest BCUT2D eigenvalue weighted by molar-refractivity contribution is 5.76. The van der Waals surface area contributed by atoms with Gasteiger partial charge in [-0.2, -0.15) is 0 Å². The third-order valence-corrected chi connectivity index (χ3v) is 3.61. The Morgan fingerprint density at radius 2 is 1.90 bits per heavy atom. The molecule has 118 valence electrons. The highest BCUT2D eigenvalue weighted by Crippen LogP contribution is 2.22. The van der Waals surface area contributed by atoms with Crippen molar-refractivity contribution in [2.24, 2.45) is 5.41 Å². The molecule has 4 heteroatoms. The minimum absolute atomic E-state index is 0.0180. The van der Waals surface area contributed by atoms with Gasteiger partial charge in [-0.1, -0.05) is 20.8 Å². The van der Waals surface area contributed by atoms with Crippen molar-refractivity contribution in [3.8, 4) is 0 Å². The average molecular weight is 285 g/mol. The van der Waals surface area contributed by atoms with Crippen molar-refractivity contribution in [2.45, 2.75) is 72.3 Å². The maximum absolute atomic E-state index is 11.6. The zero-order valence-corrected chi connectivity index (χ0v) is 13.8. The number of carbonyl (C=O) groups is 2. The van der Waals surface area contributed by atoms with Gasteiger partial charge in [0.2, 0.25) is 5.91 Å². The molecular weight excluding hydrogens is 254 g/mol. The molecule has 0 bridgehead atoms. The molecule has 20 heavy (non-hydrogen) atoms. The van der Waals surface area contributed by atoms with E-state index < -0.39 is 0 Å². The van der Waals surface area contributed by atoms with E-state index in [1.165, 1.54) is 0 Å². The summed E-state index contributed by atoms with van der Waals surface area (Å²) >= 11 is 0. The van der Waals surface area contributed by atoms with Crippen LogP contribution >= 0.6 is 0 Å². The van der Waals surface area contributed by atoms with Crippen LogP contribution in [0.15, 0.2) is 0 Å². The van der Waals surface area contributed by atoms with E-state index in [4.69, 9.17) is 4.74 Å². The lowest BCUT2D eigenvalue weighted by atomic mass is 9.89. The predicted molar refractivity (Wildman–Crippen MR) is 81.6 cm³/mol. The summed E-state index contributed by atoms with van der Waals surface area (Å²) in [6.45, 7) is 11.9. The van der Waals surface area contributed by atoms with Gasteiger partial charge in [-0.3, -0.25) is 4.79 Å². The second kappa shape index (κ2) is 9.11. The largest absolute Gasteiger partial charge is 0.376 e. The molecule has 0 unspecified atom stereocenters. The summed E-state index contributed by atoms with van der Waals surface area (Å²) in [5.41, 5.74) is -0.0572. The summed E-state index contributed by atoms with van der Waals surface area (Å²) in [6.07, 6.45) is 4.25. The van der Waals surface area contributed by atoms with E-state index >= 15 is 0 Å². The first-order valence-electron chi connectivity index (χ1n) is 7.57. The van der Waals surface area contributed by atoms with Crippen molar-refractivity contribution in [3.63, 3.8) is 0 Å². The Balaban J connectivity index is 3.89. The number of hydrogen-bond donors (Lipinski definition) is 1. The number of nitrogens with one attached hydrogen (secondary N) is 1. The van der Waals surface area contributed by atoms with Crippen LogP contribution in [0.4, 0.5) is 0 Å². The number of carbonyl (C=O) groups excluding carboxylic acids is 2. The zero-order chi connectivity index (χ0) is 15.6. The van der Waals surface area contributed by atoms with Crippen LogP contribution in [0, 0.1) is 5.41 Å². The fourth-order valence-corrected chi connectivity index (χ4v) is 1.57. The topological polar surface area (TPSA) is 55.4 Å². The van der Waals surface area contributed by atoms with Crippen molar-refractivity contribution in [2.75, 3.05) is 13.2 Å². The van der Waals surface area contributed by atoms with Crippen LogP contribution < -0.4 is 5.32 Å². The van der Waals surface area contributed by atoms with E-state index in [9.17, 15) is 9.59 Å². The molecule has 1 amide bonds. The number of rotatable bonds is 11. The number of amides is 1. The molecule has 0 fully saturated rings. The van der Waals surface area contributed by atoms with Crippen LogP contribution in [0.3, 0.4) is 0 Å². The van der Waals surface area contributed by atoms with Crippen LogP contribution in [-0.4, -0.2) is 30.9 Å². The van der Waals surface area contributed by atoms with Crippen molar-refractivity contribution in [1.29, 1.82) is 0 Å². The molecule has 0 aliphatic rings. The highest BCUT2D eigenvalue weighted by Gasteiger charge is 2.21. The van der Waals surface area contributed by atoms with Gasteiger partial charge in [0.05, 0.1) is 5.60 Å². The Kier molecular flexibility index (Phi) is 8.70. The molecule has 0 atom stereocenters. The molecule has 1 N–H and O–H groups in total. The lowest BCUT2D eigenvalue weighted by molar-refractivity contribution is -0.121. The molecule has 0 aromatic heterocycles. The van der Waals surface area contributed by atoms with Crippen LogP contribution in [0.25, 0.3) is 0 Å². The predicted octanol–water partition coefficient (Wildman–Crippen LogP) is 3.09. The molecule has 0 aliphatic carbocycles. The third kappa shape index (κ3) is 9.96. The Morgan fingerprint density at radius 1 is 1.25 bits per heavy atom. The second-order valence-corrected chi connectivity index (χ2v) is 6.71. The minimum atomic E-state index is -0.0752. The lowest BCUT2D eigenvalue weighted by Gasteiger charge is -2.29. The lowest BCUT2D eigenvalue weighted by Crippen LogP contribution is -2.35. The Morgan fingerprint density at radius 3 is 2.45 bits per heavy atom. The molecule has 0 aliphatic heterocycles. The van der Waals surface area contributed by atoms with Gasteiger partial charge in [-0.05, 0) is 38.5 Å². The monoisotopic (exact) mass is 285 g/mol. The minimum Gasteiger partial charge on any atom is -0.376 e.